The van der Waals surface area contributed by atoms with Crippen LogP contribution in [0.3, 0.4) is 0 Å². The average Bonchev–Trinajstić information content (AvgIpc) is 2.36. The Morgan fingerprint density at radius 2 is 1.41 bits per heavy atom. The van der Waals surface area contributed by atoms with Crippen LogP contribution < -0.4 is 0 Å². The van der Waals surface area contributed by atoms with E-state index in [2.05, 4.69) is 6.08 Å². The third-order valence-corrected chi connectivity index (χ3v) is 3.28. The standard InChI is InChI=1S/C14H24Cl2O/c15-11-7-3-1-2-5-9-14(13-17)10-6-4-8-12-16/h9,13H,1-8,10-12H2/b14-9+. The van der Waals surface area contributed by atoms with Gasteiger partial charge in [0.15, 0.2) is 0 Å². The Morgan fingerprint density at radius 1 is 0.824 bits per heavy atom. The van der Waals surface area contributed by atoms with Crippen molar-refractivity contribution in [3.8, 4) is 0 Å². The summed E-state index contributed by atoms with van der Waals surface area (Å²) in [5, 5.41) is 0. The van der Waals surface area contributed by atoms with Crippen LogP contribution in [0.25, 0.3) is 0 Å². The molecule has 0 N–H and O–H groups in total. The predicted molar refractivity (Wildman–Crippen MR) is 77.1 cm³/mol. The number of carbonyl (C=O) groups is 1. The SMILES string of the molecule is O=C/C(=C/CCCCCCCl)CCCCCCl. The summed E-state index contributed by atoms with van der Waals surface area (Å²) in [7, 11) is 0. The van der Waals surface area contributed by atoms with Crippen LogP contribution in [0.5, 0.6) is 0 Å². The number of hydrogen-bond donors (Lipinski definition) is 0. The Hall–Kier alpha value is -0.0100. The molecular weight excluding hydrogens is 255 g/mol. The molecule has 0 aromatic rings. The minimum absolute atomic E-state index is 0.723. The maximum atomic E-state index is 10.8. The highest BCUT2D eigenvalue weighted by atomic mass is 35.5. The van der Waals surface area contributed by atoms with Gasteiger partial charge in [-0.1, -0.05) is 25.3 Å². The van der Waals surface area contributed by atoms with Crippen molar-refractivity contribution in [3.63, 3.8) is 0 Å². The first-order chi connectivity index (χ1) is 8.35. The fourth-order valence-electron chi connectivity index (χ4n) is 1.69. The summed E-state index contributed by atoms with van der Waals surface area (Å²) < 4.78 is 0. The minimum atomic E-state index is 0.723. The molecule has 0 aliphatic heterocycles. The van der Waals surface area contributed by atoms with Crippen molar-refractivity contribution < 1.29 is 4.79 Å². The van der Waals surface area contributed by atoms with E-state index < -0.39 is 0 Å². The molecule has 0 amide bonds. The number of carbonyl (C=O) groups excluding carboxylic acids is 1. The van der Waals surface area contributed by atoms with Gasteiger partial charge in [0.25, 0.3) is 0 Å². The van der Waals surface area contributed by atoms with Gasteiger partial charge < -0.3 is 0 Å². The monoisotopic (exact) mass is 278 g/mol. The Labute approximate surface area is 116 Å². The summed E-state index contributed by atoms with van der Waals surface area (Å²) in [6, 6.07) is 0. The smallest absolute Gasteiger partial charge is 0.145 e. The maximum absolute atomic E-state index is 10.8. The van der Waals surface area contributed by atoms with Gasteiger partial charge in [0, 0.05) is 11.8 Å². The number of allylic oxidation sites excluding steroid dienone is 2. The van der Waals surface area contributed by atoms with E-state index in [-0.39, 0.29) is 0 Å². The van der Waals surface area contributed by atoms with Crippen molar-refractivity contribution in [3.05, 3.63) is 11.6 Å². The number of hydrogen-bond acceptors (Lipinski definition) is 1. The zero-order chi connectivity index (χ0) is 12.8. The van der Waals surface area contributed by atoms with Crippen molar-refractivity contribution in [2.45, 2.75) is 57.8 Å². The molecule has 3 heteroatoms. The normalized spacial score (nSPS) is 11.8. The molecule has 0 bridgehead atoms. The average molecular weight is 279 g/mol. The van der Waals surface area contributed by atoms with E-state index in [4.69, 9.17) is 23.2 Å². The number of alkyl halides is 2. The van der Waals surface area contributed by atoms with Crippen LogP contribution in [-0.4, -0.2) is 18.0 Å². The molecule has 17 heavy (non-hydrogen) atoms. The lowest BCUT2D eigenvalue weighted by molar-refractivity contribution is -0.105. The molecule has 0 heterocycles. The Morgan fingerprint density at radius 3 is 2.00 bits per heavy atom. The molecular formula is C14H24Cl2O. The van der Waals surface area contributed by atoms with Crippen LogP contribution in [0.15, 0.2) is 11.6 Å². The van der Waals surface area contributed by atoms with Gasteiger partial charge in [0.05, 0.1) is 0 Å². The van der Waals surface area contributed by atoms with Gasteiger partial charge in [0.2, 0.25) is 0 Å². The number of unbranched alkanes of at least 4 members (excludes halogenated alkanes) is 6. The van der Waals surface area contributed by atoms with E-state index in [1.54, 1.807) is 0 Å². The first kappa shape index (κ1) is 17.0. The van der Waals surface area contributed by atoms with Gasteiger partial charge in [-0.25, -0.2) is 0 Å². The number of rotatable bonds is 12. The Bertz CT molecular complexity index is 202. The second-order valence-corrected chi connectivity index (χ2v) is 5.04. The van der Waals surface area contributed by atoms with Crippen LogP contribution in [-0.2, 0) is 4.79 Å². The second kappa shape index (κ2) is 14.1. The summed E-state index contributed by atoms with van der Waals surface area (Å²) in [6.45, 7) is 0. The van der Waals surface area contributed by atoms with Crippen molar-refractivity contribution >= 4 is 29.5 Å². The quantitative estimate of drug-likeness (QED) is 0.210. The Balaban J connectivity index is 3.52. The summed E-state index contributed by atoms with van der Waals surface area (Å²) >= 11 is 11.2. The highest BCUT2D eigenvalue weighted by Crippen LogP contribution is 2.11. The molecule has 0 aliphatic rings. The van der Waals surface area contributed by atoms with Crippen LogP contribution in [0, 0.1) is 0 Å². The van der Waals surface area contributed by atoms with Crippen molar-refractivity contribution in [2.24, 2.45) is 0 Å². The molecule has 0 aromatic carbocycles. The topological polar surface area (TPSA) is 17.1 Å². The van der Waals surface area contributed by atoms with E-state index >= 15 is 0 Å². The van der Waals surface area contributed by atoms with Gasteiger partial charge in [-0.05, 0) is 44.1 Å². The predicted octanol–water partition coefficient (Wildman–Crippen LogP) is 5.10. The zero-order valence-corrected chi connectivity index (χ0v) is 12.1. The molecule has 1 nitrogen and oxygen atoms in total. The number of halogens is 2. The molecule has 0 unspecified atom stereocenters. The van der Waals surface area contributed by atoms with E-state index in [9.17, 15) is 4.79 Å². The fraction of sp³-hybridized carbons (Fsp3) is 0.786. The molecule has 0 saturated heterocycles. The van der Waals surface area contributed by atoms with Crippen LogP contribution in [0.1, 0.15) is 57.8 Å². The summed E-state index contributed by atoms with van der Waals surface area (Å²) in [4.78, 5) is 10.8. The molecule has 100 valence electrons. The summed E-state index contributed by atoms with van der Waals surface area (Å²) in [6.07, 6.45) is 12.9. The Kier molecular flexibility index (Phi) is 14.0. The zero-order valence-electron chi connectivity index (χ0n) is 10.6. The van der Waals surface area contributed by atoms with E-state index in [1.807, 2.05) is 0 Å². The summed E-state index contributed by atoms with van der Waals surface area (Å²) in [5.74, 6) is 1.48. The molecule has 0 saturated carbocycles. The first-order valence-corrected chi connectivity index (χ1v) is 7.68. The highest BCUT2D eigenvalue weighted by Gasteiger charge is 1.96. The molecule has 0 aromatic heterocycles. The number of aldehydes is 1. The molecule has 0 radical (unpaired) electrons. The van der Waals surface area contributed by atoms with Crippen molar-refractivity contribution in [1.29, 1.82) is 0 Å². The highest BCUT2D eigenvalue weighted by molar-refractivity contribution is 6.18. The van der Waals surface area contributed by atoms with Gasteiger partial charge in [-0.15, -0.1) is 23.2 Å². The maximum Gasteiger partial charge on any atom is 0.145 e. The van der Waals surface area contributed by atoms with Crippen LogP contribution in [0.4, 0.5) is 0 Å². The molecule has 0 rings (SSSR count). The van der Waals surface area contributed by atoms with Gasteiger partial charge in [-0.2, -0.15) is 0 Å². The molecule has 0 spiro atoms. The third-order valence-electron chi connectivity index (χ3n) is 2.74. The van der Waals surface area contributed by atoms with E-state index in [0.717, 1.165) is 68.6 Å². The molecule has 0 aliphatic carbocycles. The van der Waals surface area contributed by atoms with E-state index in [0.29, 0.717) is 0 Å². The van der Waals surface area contributed by atoms with E-state index in [1.165, 1.54) is 12.8 Å². The lowest BCUT2D eigenvalue weighted by Crippen LogP contribution is -1.88. The first-order valence-electron chi connectivity index (χ1n) is 6.61. The van der Waals surface area contributed by atoms with Crippen LogP contribution >= 0.6 is 23.2 Å². The van der Waals surface area contributed by atoms with Crippen molar-refractivity contribution in [1.82, 2.24) is 0 Å². The summed E-state index contributed by atoms with van der Waals surface area (Å²) in [5.41, 5.74) is 0.955. The molecule has 0 fully saturated rings. The fourth-order valence-corrected chi connectivity index (χ4v) is 2.07. The van der Waals surface area contributed by atoms with Crippen molar-refractivity contribution in [2.75, 3.05) is 11.8 Å². The lowest BCUT2D eigenvalue weighted by atomic mass is 10.1. The second-order valence-electron chi connectivity index (χ2n) is 4.29. The van der Waals surface area contributed by atoms with Gasteiger partial charge in [0.1, 0.15) is 6.29 Å². The largest absolute Gasteiger partial charge is 0.298 e. The minimum Gasteiger partial charge on any atom is -0.298 e. The lowest BCUT2D eigenvalue weighted by Gasteiger charge is -2.00. The third kappa shape index (κ3) is 12.2. The van der Waals surface area contributed by atoms with Gasteiger partial charge in [-0.3, -0.25) is 4.79 Å². The molecule has 0 atom stereocenters. The van der Waals surface area contributed by atoms with Crippen LogP contribution in [0.2, 0.25) is 0 Å². The van der Waals surface area contributed by atoms with Gasteiger partial charge >= 0.3 is 0 Å².